The molecule has 0 aliphatic carbocycles. The lowest BCUT2D eigenvalue weighted by Crippen LogP contribution is -2.34. The van der Waals surface area contributed by atoms with Gasteiger partial charge in [0.15, 0.2) is 0 Å². The Balaban J connectivity index is 1.63. The highest BCUT2D eigenvalue weighted by atomic mass is 16.5. The predicted octanol–water partition coefficient (Wildman–Crippen LogP) is 4.42. The molecule has 1 amide bonds. The van der Waals surface area contributed by atoms with Crippen LogP contribution in [-0.2, 0) is 22.6 Å². The number of carbonyl (C=O) groups is 1. The van der Waals surface area contributed by atoms with Gasteiger partial charge in [-0.05, 0) is 41.7 Å². The third-order valence-corrected chi connectivity index (χ3v) is 4.87. The molecule has 0 saturated carbocycles. The summed E-state index contributed by atoms with van der Waals surface area (Å²) in [6.07, 6.45) is 5.34. The first-order valence-electron chi connectivity index (χ1n) is 10.2. The van der Waals surface area contributed by atoms with Gasteiger partial charge in [-0.15, -0.1) is 0 Å². The fraction of sp³-hybridized carbons (Fsp3) is 0.333. The van der Waals surface area contributed by atoms with Crippen molar-refractivity contribution in [1.29, 1.82) is 0 Å². The summed E-state index contributed by atoms with van der Waals surface area (Å²) in [4.78, 5) is 12.3. The number of nitrogens with zero attached hydrogens (tertiary/aromatic N) is 2. The van der Waals surface area contributed by atoms with E-state index in [9.17, 15) is 4.79 Å². The summed E-state index contributed by atoms with van der Waals surface area (Å²) >= 11 is 0. The number of aromatic nitrogens is 2. The van der Waals surface area contributed by atoms with E-state index in [0.29, 0.717) is 13.2 Å². The molecular formula is C24H29N3O2. The van der Waals surface area contributed by atoms with Gasteiger partial charge in [-0.1, -0.05) is 61.9 Å². The van der Waals surface area contributed by atoms with Crippen LogP contribution in [0.15, 0.2) is 67.0 Å². The maximum absolute atomic E-state index is 12.3. The molecule has 1 aromatic heterocycles. The molecule has 152 valence electrons. The number of nitrogens with one attached hydrogen (secondary N) is 1. The third kappa shape index (κ3) is 6.03. The molecule has 0 aliphatic rings. The van der Waals surface area contributed by atoms with Gasteiger partial charge in [0.25, 0.3) is 0 Å². The first-order valence-corrected chi connectivity index (χ1v) is 10.2. The largest absolute Gasteiger partial charge is 0.369 e. The van der Waals surface area contributed by atoms with E-state index in [-0.39, 0.29) is 5.91 Å². The second kappa shape index (κ2) is 10.6. The van der Waals surface area contributed by atoms with Crippen LogP contribution in [0.1, 0.15) is 37.8 Å². The van der Waals surface area contributed by atoms with Crippen molar-refractivity contribution in [2.75, 3.05) is 6.61 Å². The lowest BCUT2D eigenvalue weighted by molar-refractivity contribution is -0.131. The fourth-order valence-corrected chi connectivity index (χ4v) is 3.13. The molecule has 1 N–H and O–H groups in total. The van der Waals surface area contributed by atoms with Gasteiger partial charge < -0.3 is 10.1 Å². The molecule has 0 radical (unpaired) electrons. The number of amides is 1. The number of unbranched alkanes of at least 4 members (excludes halogenated alkanes) is 1. The van der Waals surface area contributed by atoms with Crippen LogP contribution in [0, 0.1) is 0 Å². The molecule has 5 heteroatoms. The predicted molar refractivity (Wildman–Crippen MR) is 115 cm³/mol. The summed E-state index contributed by atoms with van der Waals surface area (Å²) in [6, 6.07) is 18.6. The van der Waals surface area contributed by atoms with Gasteiger partial charge in [0.05, 0.1) is 6.54 Å². The van der Waals surface area contributed by atoms with Crippen LogP contribution >= 0.6 is 0 Å². The number of rotatable bonds is 10. The highest BCUT2D eigenvalue weighted by Crippen LogP contribution is 2.24. The lowest BCUT2D eigenvalue weighted by Gasteiger charge is -2.15. The zero-order valence-corrected chi connectivity index (χ0v) is 17.2. The molecule has 2 aromatic carbocycles. The highest BCUT2D eigenvalue weighted by molar-refractivity contribution is 5.80. The Morgan fingerprint density at radius 1 is 1.14 bits per heavy atom. The van der Waals surface area contributed by atoms with Crippen molar-refractivity contribution < 1.29 is 9.53 Å². The molecule has 29 heavy (non-hydrogen) atoms. The highest BCUT2D eigenvalue weighted by Gasteiger charge is 2.13. The molecule has 0 spiro atoms. The summed E-state index contributed by atoms with van der Waals surface area (Å²) < 4.78 is 7.49. The number of hydrogen-bond acceptors (Lipinski definition) is 3. The Morgan fingerprint density at radius 3 is 2.66 bits per heavy atom. The Labute approximate surface area is 172 Å². The van der Waals surface area contributed by atoms with Crippen molar-refractivity contribution in [2.24, 2.45) is 0 Å². The van der Waals surface area contributed by atoms with Gasteiger partial charge in [-0.25, -0.2) is 0 Å². The molecule has 0 aliphatic heterocycles. The molecule has 0 saturated heterocycles. The van der Waals surface area contributed by atoms with E-state index in [4.69, 9.17) is 4.74 Å². The number of ether oxygens (including phenoxy) is 1. The van der Waals surface area contributed by atoms with E-state index in [1.165, 1.54) is 5.56 Å². The van der Waals surface area contributed by atoms with E-state index in [2.05, 4.69) is 53.7 Å². The smallest absolute Gasteiger partial charge is 0.249 e. The summed E-state index contributed by atoms with van der Waals surface area (Å²) in [7, 11) is 0. The first-order chi connectivity index (χ1) is 14.2. The van der Waals surface area contributed by atoms with Crippen molar-refractivity contribution in [2.45, 2.75) is 45.9 Å². The zero-order chi connectivity index (χ0) is 20.5. The van der Waals surface area contributed by atoms with Crippen LogP contribution < -0.4 is 5.32 Å². The number of carbonyl (C=O) groups excluding carboxylic acids is 1. The van der Waals surface area contributed by atoms with Gasteiger partial charge in [0.1, 0.15) is 6.10 Å². The Morgan fingerprint density at radius 2 is 1.93 bits per heavy atom. The van der Waals surface area contributed by atoms with E-state index >= 15 is 0 Å². The quantitative estimate of drug-likeness (QED) is 0.521. The Kier molecular flexibility index (Phi) is 7.59. The Bertz CT molecular complexity index is 889. The van der Waals surface area contributed by atoms with Crippen molar-refractivity contribution in [3.8, 4) is 11.1 Å². The minimum absolute atomic E-state index is 0.0783. The normalized spacial score (nSPS) is 11.9. The molecular weight excluding hydrogens is 362 g/mol. The van der Waals surface area contributed by atoms with Gasteiger partial charge in [-0.3, -0.25) is 9.48 Å². The van der Waals surface area contributed by atoms with Gasteiger partial charge in [0, 0.05) is 25.5 Å². The topological polar surface area (TPSA) is 56.1 Å². The van der Waals surface area contributed by atoms with Crippen LogP contribution in [0.3, 0.4) is 0 Å². The summed E-state index contributed by atoms with van der Waals surface area (Å²) in [5, 5.41) is 7.25. The second-order valence-electron chi connectivity index (χ2n) is 7.14. The molecule has 1 atom stereocenters. The van der Waals surface area contributed by atoms with Gasteiger partial charge in [0.2, 0.25) is 5.91 Å². The van der Waals surface area contributed by atoms with Crippen molar-refractivity contribution in [1.82, 2.24) is 15.1 Å². The third-order valence-electron chi connectivity index (χ3n) is 4.87. The minimum atomic E-state index is -0.435. The molecule has 5 nitrogen and oxygen atoms in total. The molecule has 0 fully saturated rings. The summed E-state index contributed by atoms with van der Waals surface area (Å²) in [6.45, 7) is 5.75. The zero-order valence-electron chi connectivity index (χ0n) is 17.2. The number of hydrogen-bond donors (Lipinski definition) is 1. The van der Waals surface area contributed by atoms with E-state index in [0.717, 1.165) is 36.1 Å². The minimum Gasteiger partial charge on any atom is -0.369 e. The standard InChI is InChI=1S/C24H29N3O2/c1-3-4-16-29-19(2)24(28)25-17-22-8-5-6-9-23(22)21-12-10-20(11-13-21)18-27-15-7-14-26-27/h5-15,19H,3-4,16-18H2,1-2H3,(H,25,28). The second-order valence-corrected chi connectivity index (χ2v) is 7.14. The van der Waals surface area contributed by atoms with Crippen molar-refractivity contribution >= 4 is 5.91 Å². The fourth-order valence-electron chi connectivity index (χ4n) is 3.13. The van der Waals surface area contributed by atoms with Crippen LogP contribution in [0.2, 0.25) is 0 Å². The maximum Gasteiger partial charge on any atom is 0.249 e. The Hall–Kier alpha value is -2.92. The SMILES string of the molecule is CCCCOC(C)C(=O)NCc1ccccc1-c1ccc(Cn2cccn2)cc1. The molecule has 0 bridgehead atoms. The molecule has 1 heterocycles. The van der Waals surface area contributed by atoms with E-state index in [1.807, 2.05) is 29.1 Å². The van der Waals surface area contributed by atoms with Crippen LogP contribution in [0.5, 0.6) is 0 Å². The van der Waals surface area contributed by atoms with Gasteiger partial charge >= 0.3 is 0 Å². The van der Waals surface area contributed by atoms with Crippen molar-refractivity contribution in [3.05, 3.63) is 78.1 Å². The first kappa shape index (κ1) is 20.8. The van der Waals surface area contributed by atoms with Crippen LogP contribution in [0.4, 0.5) is 0 Å². The van der Waals surface area contributed by atoms with Crippen LogP contribution in [-0.4, -0.2) is 28.4 Å². The summed E-state index contributed by atoms with van der Waals surface area (Å²) in [5.41, 5.74) is 4.53. The van der Waals surface area contributed by atoms with E-state index < -0.39 is 6.10 Å². The average Bonchev–Trinajstić information content (AvgIpc) is 3.26. The maximum atomic E-state index is 12.3. The molecule has 1 unspecified atom stereocenters. The molecule has 3 aromatic rings. The van der Waals surface area contributed by atoms with Crippen LogP contribution in [0.25, 0.3) is 11.1 Å². The number of benzene rings is 2. The average molecular weight is 392 g/mol. The van der Waals surface area contributed by atoms with Gasteiger partial charge in [-0.2, -0.15) is 5.10 Å². The molecule has 3 rings (SSSR count). The van der Waals surface area contributed by atoms with Crippen molar-refractivity contribution in [3.63, 3.8) is 0 Å². The van der Waals surface area contributed by atoms with E-state index in [1.54, 1.807) is 13.1 Å². The monoisotopic (exact) mass is 391 g/mol. The summed E-state index contributed by atoms with van der Waals surface area (Å²) in [5.74, 6) is -0.0783. The lowest BCUT2D eigenvalue weighted by atomic mass is 9.98.